The highest BCUT2D eigenvalue weighted by atomic mass is 19.1. The van der Waals surface area contributed by atoms with Crippen LogP contribution in [0, 0.1) is 5.82 Å². The van der Waals surface area contributed by atoms with Crippen molar-refractivity contribution in [2.45, 2.75) is 19.9 Å². The Bertz CT molecular complexity index is 1290. The summed E-state index contributed by atoms with van der Waals surface area (Å²) in [5, 5.41) is 12.1. The lowest BCUT2D eigenvalue weighted by Crippen LogP contribution is -2.07. The highest BCUT2D eigenvalue weighted by molar-refractivity contribution is 5.81. The van der Waals surface area contributed by atoms with Gasteiger partial charge in [-0.1, -0.05) is 6.07 Å². The molecule has 0 N–H and O–H groups in total. The van der Waals surface area contributed by atoms with Crippen LogP contribution < -0.4 is 0 Å². The highest BCUT2D eigenvalue weighted by Crippen LogP contribution is 2.25. The summed E-state index contributed by atoms with van der Waals surface area (Å²) in [6.45, 7) is 2.83. The summed E-state index contributed by atoms with van der Waals surface area (Å²) in [6.07, 6.45) is 3.59. The molecule has 0 aliphatic rings. The molecule has 144 valence electrons. The molecule has 3 heterocycles. The molecule has 0 saturated carbocycles. The van der Waals surface area contributed by atoms with E-state index in [1.54, 1.807) is 16.9 Å². The molecule has 0 unspecified atom stereocenters. The maximum Gasteiger partial charge on any atom is 0.247 e. The van der Waals surface area contributed by atoms with Gasteiger partial charge in [0.25, 0.3) is 0 Å². The number of benzene rings is 2. The number of imidazole rings is 1. The van der Waals surface area contributed by atoms with E-state index in [1.807, 2.05) is 30.3 Å². The number of aryl methyl sites for hydroxylation is 1. The Balaban J connectivity index is 1.56. The first-order valence-corrected chi connectivity index (χ1v) is 9.27. The molecule has 2 aromatic carbocycles. The van der Waals surface area contributed by atoms with Crippen LogP contribution in [0.1, 0.15) is 18.4 Å². The minimum atomic E-state index is -0.293. The van der Waals surface area contributed by atoms with E-state index >= 15 is 0 Å². The molecule has 29 heavy (non-hydrogen) atoms. The molecule has 0 aliphatic carbocycles. The van der Waals surface area contributed by atoms with Gasteiger partial charge in [-0.3, -0.25) is 0 Å². The molecule has 8 heteroatoms. The number of hydrogen-bond donors (Lipinski definition) is 0. The number of aromatic nitrogens is 6. The fourth-order valence-electron chi connectivity index (χ4n) is 3.56. The molecule has 7 nitrogen and oxygen atoms in total. The zero-order chi connectivity index (χ0) is 19.8. The number of fused-ring (bicyclic) bond motifs is 1. The lowest BCUT2D eigenvalue weighted by atomic mass is 10.2. The van der Waals surface area contributed by atoms with E-state index in [1.165, 1.54) is 18.5 Å². The fraction of sp³-hybridized carbons (Fsp3) is 0.143. The van der Waals surface area contributed by atoms with Gasteiger partial charge in [-0.2, -0.15) is 5.10 Å². The van der Waals surface area contributed by atoms with E-state index in [4.69, 9.17) is 9.40 Å². The van der Waals surface area contributed by atoms with E-state index in [0.717, 1.165) is 34.7 Å². The summed E-state index contributed by atoms with van der Waals surface area (Å²) >= 11 is 0. The van der Waals surface area contributed by atoms with E-state index in [9.17, 15) is 4.39 Å². The zero-order valence-electron chi connectivity index (χ0n) is 15.7. The van der Waals surface area contributed by atoms with Crippen LogP contribution in [0.3, 0.4) is 0 Å². The topological polar surface area (TPSA) is 74.6 Å². The average Bonchev–Trinajstić information content (AvgIpc) is 3.47. The Morgan fingerprint density at radius 3 is 2.83 bits per heavy atom. The van der Waals surface area contributed by atoms with Crippen molar-refractivity contribution in [3.8, 4) is 17.1 Å². The van der Waals surface area contributed by atoms with Crippen molar-refractivity contribution in [3.05, 3.63) is 78.5 Å². The minimum absolute atomic E-state index is 0.293. The number of halogens is 1. The first-order valence-electron chi connectivity index (χ1n) is 9.27. The Morgan fingerprint density at radius 1 is 1.10 bits per heavy atom. The summed E-state index contributed by atoms with van der Waals surface area (Å²) in [4.78, 5) is 4.81. The van der Waals surface area contributed by atoms with Crippen LogP contribution >= 0.6 is 0 Å². The van der Waals surface area contributed by atoms with Gasteiger partial charge in [-0.15, -0.1) is 10.2 Å². The lowest BCUT2D eigenvalue weighted by Gasteiger charge is -2.09. The van der Waals surface area contributed by atoms with Crippen LogP contribution in [0.25, 0.3) is 28.2 Å². The second-order valence-corrected chi connectivity index (χ2v) is 6.61. The van der Waals surface area contributed by atoms with Crippen LogP contribution in [-0.4, -0.2) is 29.5 Å². The Morgan fingerprint density at radius 2 is 2.03 bits per heavy atom. The van der Waals surface area contributed by atoms with Crippen molar-refractivity contribution in [1.82, 2.24) is 29.5 Å². The minimum Gasteiger partial charge on any atom is -0.423 e. The molecule has 0 radical (unpaired) electrons. The molecule has 0 bridgehead atoms. The van der Waals surface area contributed by atoms with E-state index < -0.39 is 0 Å². The van der Waals surface area contributed by atoms with Gasteiger partial charge < -0.3 is 8.98 Å². The fourth-order valence-corrected chi connectivity index (χ4v) is 3.56. The van der Waals surface area contributed by atoms with E-state index in [2.05, 4.69) is 26.8 Å². The number of hydrogen-bond acceptors (Lipinski definition) is 5. The van der Waals surface area contributed by atoms with Gasteiger partial charge in [0.2, 0.25) is 12.3 Å². The van der Waals surface area contributed by atoms with E-state index in [-0.39, 0.29) is 5.82 Å². The Labute approximate surface area is 165 Å². The van der Waals surface area contributed by atoms with Gasteiger partial charge in [-0.05, 0) is 49.4 Å². The van der Waals surface area contributed by atoms with E-state index in [0.29, 0.717) is 18.0 Å². The summed E-state index contributed by atoms with van der Waals surface area (Å²) in [5.74, 6) is 1.09. The molecular formula is C21H17FN6O. The quantitative estimate of drug-likeness (QED) is 0.455. The molecule has 5 aromatic rings. The molecular weight excluding hydrogens is 371 g/mol. The Kier molecular flexibility index (Phi) is 4.16. The first-order chi connectivity index (χ1) is 14.2. The normalized spacial score (nSPS) is 11.4. The molecule has 0 atom stereocenters. The van der Waals surface area contributed by atoms with Crippen molar-refractivity contribution in [3.63, 3.8) is 0 Å². The van der Waals surface area contributed by atoms with Gasteiger partial charge in [-0.25, -0.2) is 14.1 Å². The first kappa shape index (κ1) is 17.3. The van der Waals surface area contributed by atoms with Gasteiger partial charge >= 0.3 is 0 Å². The van der Waals surface area contributed by atoms with Crippen molar-refractivity contribution in [2.75, 3.05) is 0 Å². The van der Waals surface area contributed by atoms with Gasteiger partial charge in [0, 0.05) is 24.7 Å². The zero-order valence-corrected chi connectivity index (χ0v) is 15.7. The third-order valence-corrected chi connectivity index (χ3v) is 4.86. The van der Waals surface area contributed by atoms with Gasteiger partial charge in [0.15, 0.2) is 0 Å². The van der Waals surface area contributed by atoms with Crippen molar-refractivity contribution in [1.29, 1.82) is 0 Å². The third-order valence-electron chi connectivity index (χ3n) is 4.86. The third kappa shape index (κ3) is 3.08. The summed E-state index contributed by atoms with van der Waals surface area (Å²) < 4.78 is 22.9. The monoisotopic (exact) mass is 388 g/mol. The standard InChI is InChI=1S/C21H17FN6O/c1-2-27-19-10-14(21-26-23-13-29-21)6-7-18(19)25-20(27)12-17-8-9-24-28(17)16-5-3-4-15(22)11-16/h3-11,13H,2,12H2,1H3. The molecule has 3 aromatic heterocycles. The van der Waals surface area contributed by atoms with Gasteiger partial charge in [0.05, 0.1) is 22.4 Å². The van der Waals surface area contributed by atoms with Crippen LogP contribution in [0.15, 0.2) is 65.5 Å². The summed E-state index contributed by atoms with van der Waals surface area (Å²) in [7, 11) is 0. The second-order valence-electron chi connectivity index (χ2n) is 6.61. The summed E-state index contributed by atoms with van der Waals surface area (Å²) in [6, 6.07) is 14.2. The SMILES string of the molecule is CCn1c(Cc2ccnn2-c2cccc(F)c2)nc2ccc(-c3nnco3)cc21. The van der Waals surface area contributed by atoms with Crippen LogP contribution in [0.4, 0.5) is 4.39 Å². The van der Waals surface area contributed by atoms with Crippen LogP contribution in [0.2, 0.25) is 0 Å². The number of nitrogens with zero attached hydrogens (tertiary/aromatic N) is 6. The predicted molar refractivity (Wildman–Crippen MR) is 105 cm³/mol. The molecule has 0 spiro atoms. The smallest absolute Gasteiger partial charge is 0.247 e. The Hall–Kier alpha value is -3.81. The molecule has 0 amide bonds. The molecule has 0 saturated heterocycles. The number of rotatable bonds is 5. The van der Waals surface area contributed by atoms with Crippen molar-refractivity contribution < 1.29 is 8.81 Å². The predicted octanol–water partition coefficient (Wildman–Crippen LogP) is 4.02. The maximum absolute atomic E-state index is 13.7. The lowest BCUT2D eigenvalue weighted by molar-refractivity contribution is 0.568. The van der Waals surface area contributed by atoms with Crippen molar-refractivity contribution in [2.24, 2.45) is 0 Å². The van der Waals surface area contributed by atoms with Crippen molar-refractivity contribution >= 4 is 11.0 Å². The maximum atomic E-state index is 13.7. The second kappa shape index (κ2) is 6.97. The van der Waals surface area contributed by atoms with Crippen LogP contribution in [-0.2, 0) is 13.0 Å². The molecule has 5 rings (SSSR count). The van der Waals surface area contributed by atoms with Gasteiger partial charge in [0.1, 0.15) is 11.6 Å². The molecule has 0 aliphatic heterocycles. The summed E-state index contributed by atoms with van der Waals surface area (Å²) in [5.41, 5.74) is 4.35. The highest BCUT2D eigenvalue weighted by Gasteiger charge is 2.15. The molecule has 0 fully saturated rings. The average molecular weight is 388 g/mol. The van der Waals surface area contributed by atoms with Crippen LogP contribution in [0.5, 0.6) is 0 Å². The largest absolute Gasteiger partial charge is 0.423 e.